The molecule has 2 aliphatic heterocycles. The van der Waals surface area contributed by atoms with Crippen LogP contribution in [0, 0.1) is 5.92 Å². The average molecular weight is 270 g/mol. The van der Waals surface area contributed by atoms with Crippen molar-refractivity contribution in [3.05, 3.63) is 0 Å². The number of hydrogen-bond donors (Lipinski definition) is 0. The monoisotopic (exact) mass is 270 g/mol. The maximum absolute atomic E-state index is 12.9. The molecule has 2 aliphatic rings. The second-order valence-electron chi connectivity index (χ2n) is 6.62. The van der Waals surface area contributed by atoms with E-state index in [1.165, 1.54) is 5.06 Å². The Morgan fingerprint density at radius 2 is 1.74 bits per heavy atom. The largest absolute Gasteiger partial charge is 0.349 e. The molecule has 0 aromatic rings. The van der Waals surface area contributed by atoms with Crippen LogP contribution in [0.15, 0.2) is 0 Å². The molecule has 0 saturated carbocycles. The van der Waals surface area contributed by atoms with Crippen molar-refractivity contribution in [1.82, 2.24) is 5.06 Å². The van der Waals surface area contributed by atoms with Gasteiger partial charge in [-0.25, -0.2) is 0 Å². The molecule has 1 spiro atoms. The van der Waals surface area contributed by atoms with Gasteiger partial charge in [-0.2, -0.15) is 0 Å². The summed E-state index contributed by atoms with van der Waals surface area (Å²) >= 11 is 0. The Bertz CT molecular complexity index is 329. The highest BCUT2D eigenvalue weighted by atomic mass is 16.7. The third kappa shape index (κ3) is 2.13. The summed E-state index contributed by atoms with van der Waals surface area (Å²) in [6.45, 7) is 11.8. The molecule has 2 heterocycles. The van der Waals surface area contributed by atoms with E-state index >= 15 is 0 Å². The van der Waals surface area contributed by atoms with Crippen LogP contribution in [0.5, 0.6) is 0 Å². The highest BCUT2D eigenvalue weighted by Gasteiger charge is 2.62. The zero-order valence-electron chi connectivity index (χ0n) is 13.0. The Balaban J connectivity index is 2.41. The van der Waals surface area contributed by atoms with E-state index in [1.54, 1.807) is 0 Å². The Kier molecular flexibility index (Phi) is 4.00. The van der Waals surface area contributed by atoms with Gasteiger partial charge in [0, 0.05) is 12.3 Å². The highest BCUT2D eigenvalue weighted by molar-refractivity contribution is 5.07. The lowest BCUT2D eigenvalue weighted by Gasteiger charge is -2.61. The predicted octanol–water partition coefficient (Wildman–Crippen LogP) is 3.14. The molecule has 1 radical (unpaired) electrons. The molecule has 0 aliphatic carbocycles. The first-order valence-corrected chi connectivity index (χ1v) is 7.60. The van der Waals surface area contributed by atoms with Gasteiger partial charge in [0.25, 0.3) is 0 Å². The molecule has 4 heteroatoms. The fourth-order valence-electron chi connectivity index (χ4n) is 3.68. The summed E-state index contributed by atoms with van der Waals surface area (Å²) in [6.07, 6.45) is 3.23. The van der Waals surface area contributed by atoms with E-state index in [0.29, 0.717) is 6.42 Å². The number of rotatable bonds is 2. The summed E-state index contributed by atoms with van der Waals surface area (Å²) in [7, 11) is 0. The van der Waals surface area contributed by atoms with Crippen molar-refractivity contribution < 1.29 is 14.7 Å². The Morgan fingerprint density at radius 1 is 1.16 bits per heavy atom. The zero-order chi connectivity index (χ0) is 14.3. The number of ether oxygens (including phenoxy) is 2. The van der Waals surface area contributed by atoms with Crippen molar-refractivity contribution >= 4 is 0 Å². The average Bonchev–Trinajstić information content (AvgIpc) is 2.44. The van der Waals surface area contributed by atoms with E-state index in [-0.39, 0.29) is 5.92 Å². The molecule has 0 amide bonds. The van der Waals surface area contributed by atoms with Crippen LogP contribution in [0.1, 0.15) is 60.3 Å². The van der Waals surface area contributed by atoms with Gasteiger partial charge < -0.3 is 9.47 Å². The number of hydroxylamine groups is 2. The molecule has 0 aromatic carbocycles. The number of hydrogen-bond acceptors (Lipinski definition) is 3. The van der Waals surface area contributed by atoms with Crippen molar-refractivity contribution in [2.75, 3.05) is 13.2 Å². The van der Waals surface area contributed by atoms with Crippen LogP contribution in [0.3, 0.4) is 0 Å². The predicted molar refractivity (Wildman–Crippen MR) is 73.0 cm³/mol. The first-order chi connectivity index (χ1) is 8.84. The summed E-state index contributed by atoms with van der Waals surface area (Å²) < 4.78 is 12.1. The van der Waals surface area contributed by atoms with Gasteiger partial charge in [0.15, 0.2) is 5.79 Å². The molecule has 19 heavy (non-hydrogen) atoms. The van der Waals surface area contributed by atoms with E-state index in [1.807, 2.05) is 6.92 Å². The molecule has 2 saturated heterocycles. The lowest BCUT2D eigenvalue weighted by molar-refractivity contribution is -0.401. The van der Waals surface area contributed by atoms with E-state index in [2.05, 4.69) is 27.7 Å². The van der Waals surface area contributed by atoms with Crippen molar-refractivity contribution in [2.45, 2.75) is 77.2 Å². The molecule has 0 bridgehead atoms. The minimum Gasteiger partial charge on any atom is -0.349 e. The summed E-state index contributed by atoms with van der Waals surface area (Å²) in [5.41, 5.74) is -0.838. The quantitative estimate of drug-likeness (QED) is 0.774. The SMILES string of the molecule is CCC1(C)CC2(OCCCO2)C(C)C(C)(CC)N1[O]. The van der Waals surface area contributed by atoms with Gasteiger partial charge in [0.1, 0.15) is 0 Å². The van der Waals surface area contributed by atoms with Crippen molar-refractivity contribution in [2.24, 2.45) is 5.92 Å². The minimum absolute atomic E-state index is 0.0717. The Labute approximate surface area is 117 Å². The molecular weight excluding hydrogens is 242 g/mol. The fraction of sp³-hybridized carbons (Fsp3) is 1.00. The van der Waals surface area contributed by atoms with Crippen molar-refractivity contribution in [1.29, 1.82) is 0 Å². The molecule has 3 unspecified atom stereocenters. The van der Waals surface area contributed by atoms with Gasteiger partial charge in [-0.1, -0.05) is 20.8 Å². The van der Waals surface area contributed by atoms with Gasteiger partial charge in [-0.3, -0.25) is 0 Å². The molecule has 0 aromatic heterocycles. The van der Waals surface area contributed by atoms with Crippen molar-refractivity contribution in [3.8, 4) is 0 Å². The molecule has 0 N–H and O–H groups in total. The lowest BCUT2D eigenvalue weighted by atomic mass is 9.67. The molecule has 4 nitrogen and oxygen atoms in total. The topological polar surface area (TPSA) is 41.6 Å². The third-order valence-corrected chi connectivity index (χ3v) is 5.63. The summed E-state index contributed by atoms with van der Waals surface area (Å²) in [5, 5.41) is 14.2. The normalized spacial score (nSPS) is 43.6. The van der Waals surface area contributed by atoms with Gasteiger partial charge in [-0.15, -0.1) is 10.3 Å². The maximum atomic E-state index is 12.9. The Morgan fingerprint density at radius 3 is 2.21 bits per heavy atom. The van der Waals surface area contributed by atoms with Crippen LogP contribution in [0.2, 0.25) is 0 Å². The van der Waals surface area contributed by atoms with Crippen LogP contribution in [0.4, 0.5) is 0 Å². The van der Waals surface area contributed by atoms with E-state index in [0.717, 1.165) is 32.5 Å². The van der Waals surface area contributed by atoms with E-state index < -0.39 is 16.9 Å². The molecule has 2 rings (SSSR count). The van der Waals surface area contributed by atoms with Gasteiger partial charge >= 0.3 is 0 Å². The zero-order valence-corrected chi connectivity index (χ0v) is 13.0. The lowest BCUT2D eigenvalue weighted by Crippen LogP contribution is -2.71. The van der Waals surface area contributed by atoms with Crippen molar-refractivity contribution in [3.63, 3.8) is 0 Å². The summed E-state index contributed by atoms with van der Waals surface area (Å²) in [4.78, 5) is 0. The van der Waals surface area contributed by atoms with Crippen LogP contribution in [0.25, 0.3) is 0 Å². The second-order valence-corrected chi connectivity index (χ2v) is 6.62. The smallest absolute Gasteiger partial charge is 0.174 e. The van der Waals surface area contributed by atoms with E-state index in [9.17, 15) is 5.21 Å². The van der Waals surface area contributed by atoms with E-state index in [4.69, 9.17) is 9.47 Å². The number of nitrogens with zero attached hydrogens (tertiary/aromatic N) is 1. The van der Waals surface area contributed by atoms with Crippen LogP contribution in [-0.2, 0) is 14.7 Å². The van der Waals surface area contributed by atoms with Gasteiger partial charge in [0.2, 0.25) is 0 Å². The second kappa shape index (κ2) is 4.99. The minimum atomic E-state index is -0.575. The first kappa shape index (κ1) is 15.2. The number of piperidine rings is 1. The summed E-state index contributed by atoms with van der Waals surface area (Å²) in [5.74, 6) is -0.503. The van der Waals surface area contributed by atoms with Gasteiger partial charge in [-0.05, 0) is 33.1 Å². The Hall–Kier alpha value is -0.160. The van der Waals surface area contributed by atoms with Crippen LogP contribution in [-0.4, -0.2) is 35.1 Å². The first-order valence-electron chi connectivity index (χ1n) is 7.60. The van der Waals surface area contributed by atoms with Gasteiger partial charge in [0.05, 0.1) is 24.3 Å². The third-order valence-electron chi connectivity index (χ3n) is 5.63. The molecule has 2 fully saturated rings. The highest BCUT2D eigenvalue weighted by Crippen LogP contribution is 2.52. The standard InChI is InChI=1S/C15H28NO3/c1-6-13(4)11-15(18-9-8-10-19-15)12(3)14(5,7-2)16(13)17/h12H,6-11H2,1-5H3. The molecule has 3 atom stereocenters. The fourth-order valence-corrected chi connectivity index (χ4v) is 3.68. The van der Waals surface area contributed by atoms with Crippen LogP contribution < -0.4 is 0 Å². The molecule has 111 valence electrons. The van der Waals surface area contributed by atoms with Crippen LogP contribution >= 0.6 is 0 Å². The molecular formula is C15H28NO3. The summed E-state index contributed by atoms with van der Waals surface area (Å²) in [6, 6.07) is 0. The maximum Gasteiger partial charge on any atom is 0.174 e.